The predicted octanol–water partition coefficient (Wildman–Crippen LogP) is 2.51. The number of carbonyl (C=O) groups is 1. The molecular formula is C14H12F3N3O2S. The molecule has 0 aliphatic carbocycles. The first-order chi connectivity index (χ1) is 10.9. The quantitative estimate of drug-likeness (QED) is 0.910. The molecule has 1 saturated heterocycles. The van der Waals surface area contributed by atoms with E-state index < -0.39 is 29.8 Å². The molecule has 1 aromatic heterocycles. The molecule has 2 atom stereocenters. The van der Waals surface area contributed by atoms with Crippen LogP contribution in [-0.4, -0.2) is 38.1 Å². The molecule has 1 aliphatic rings. The van der Waals surface area contributed by atoms with E-state index in [2.05, 4.69) is 9.59 Å². The topological polar surface area (TPSA) is 66.3 Å². The molecule has 1 N–H and O–H groups in total. The van der Waals surface area contributed by atoms with Crippen LogP contribution in [0.25, 0.3) is 0 Å². The Morgan fingerprint density at radius 3 is 2.83 bits per heavy atom. The summed E-state index contributed by atoms with van der Waals surface area (Å²) < 4.78 is 42.2. The number of aliphatic hydroxyl groups is 1. The van der Waals surface area contributed by atoms with Crippen LogP contribution < -0.4 is 0 Å². The van der Waals surface area contributed by atoms with Gasteiger partial charge in [-0.2, -0.15) is 13.2 Å². The normalized spacial score (nSPS) is 21.7. The monoisotopic (exact) mass is 343 g/mol. The minimum absolute atomic E-state index is 0.0528. The largest absolute Gasteiger partial charge is 0.416 e. The number of likely N-dealkylation sites (tertiary alicyclic amines) is 1. The fourth-order valence-electron chi connectivity index (χ4n) is 2.68. The molecule has 2 heterocycles. The standard InChI is InChI=1S/C14H12F3N3O2S/c15-14(16,17)9-3-1-2-8(4-9)12-5-10(21)6-20(12)13(22)11-7-23-19-18-11/h1-4,7,10,12,21H,5-6H2. The summed E-state index contributed by atoms with van der Waals surface area (Å²) in [6.45, 7) is 0.0528. The Morgan fingerprint density at radius 2 is 2.17 bits per heavy atom. The summed E-state index contributed by atoms with van der Waals surface area (Å²) in [7, 11) is 0. The summed E-state index contributed by atoms with van der Waals surface area (Å²) >= 11 is 1.01. The van der Waals surface area contributed by atoms with E-state index >= 15 is 0 Å². The van der Waals surface area contributed by atoms with E-state index in [0.717, 1.165) is 23.7 Å². The number of carbonyl (C=O) groups excluding carboxylic acids is 1. The summed E-state index contributed by atoms with van der Waals surface area (Å²) in [5, 5.41) is 15.0. The maximum atomic E-state index is 12.9. The lowest BCUT2D eigenvalue weighted by Crippen LogP contribution is -2.32. The number of aliphatic hydroxyl groups excluding tert-OH is 1. The van der Waals surface area contributed by atoms with E-state index in [0.29, 0.717) is 5.56 Å². The second-order valence-electron chi connectivity index (χ2n) is 5.28. The lowest BCUT2D eigenvalue weighted by Gasteiger charge is -2.24. The van der Waals surface area contributed by atoms with E-state index in [-0.39, 0.29) is 18.7 Å². The zero-order valence-corrected chi connectivity index (χ0v) is 12.5. The van der Waals surface area contributed by atoms with Crippen LogP contribution in [-0.2, 0) is 6.18 Å². The van der Waals surface area contributed by atoms with Crippen LogP contribution in [0, 0.1) is 0 Å². The fourth-order valence-corrected chi connectivity index (χ4v) is 3.11. The third-order valence-corrected chi connectivity index (χ3v) is 4.22. The molecule has 122 valence electrons. The van der Waals surface area contributed by atoms with Crippen molar-refractivity contribution in [2.24, 2.45) is 0 Å². The van der Waals surface area contributed by atoms with E-state index in [1.807, 2.05) is 0 Å². The first kappa shape index (κ1) is 15.9. The number of halogens is 3. The predicted molar refractivity (Wildman–Crippen MR) is 75.8 cm³/mol. The van der Waals surface area contributed by atoms with Crippen LogP contribution in [0.15, 0.2) is 29.6 Å². The fraction of sp³-hybridized carbons (Fsp3) is 0.357. The highest BCUT2D eigenvalue weighted by atomic mass is 32.1. The molecule has 0 spiro atoms. The number of nitrogens with zero attached hydrogens (tertiary/aromatic N) is 3. The van der Waals surface area contributed by atoms with Crippen LogP contribution in [0.2, 0.25) is 0 Å². The Labute approximate surface area is 133 Å². The van der Waals surface area contributed by atoms with Crippen molar-refractivity contribution in [2.75, 3.05) is 6.54 Å². The number of hydrogen-bond acceptors (Lipinski definition) is 5. The van der Waals surface area contributed by atoms with Gasteiger partial charge in [-0.1, -0.05) is 16.6 Å². The molecule has 2 unspecified atom stereocenters. The second kappa shape index (κ2) is 5.89. The first-order valence-electron chi connectivity index (χ1n) is 6.79. The molecule has 5 nitrogen and oxygen atoms in total. The van der Waals surface area contributed by atoms with Crippen LogP contribution in [0.3, 0.4) is 0 Å². The number of β-amino-alcohol motifs (C(OH)–C–C–N with tert-alkyl or cyclic N) is 1. The molecule has 2 aromatic rings. The molecule has 1 aliphatic heterocycles. The Hall–Kier alpha value is -2.00. The molecule has 0 saturated carbocycles. The van der Waals surface area contributed by atoms with Gasteiger partial charge in [0.2, 0.25) is 0 Å². The van der Waals surface area contributed by atoms with Crippen molar-refractivity contribution in [3.8, 4) is 0 Å². The Kier molecular flexibility index (Phi) is 4.07. The summed E-state index contributed by atoms with van der Waals surface area (Å²) in [6, 6.07) is 4.20. The van der Waals surface area contributed by atoms with E-state index in [4.69, 9.17) is 0 Å². The van der Waals surface area contributed by atoms with Crippen LogP contribution in [0.1, 0.15) is 34.1 Å². The van der Waals surface area contributed by atoms with Gasteiger partial charge in [-0.05, 0) is 35.6 Å². The number of rotatable bonds is 2. The molecule has 3 rings (SSSR count). The molecule has 1 amide bonds. The van der Waals surface area contributed by atoms with Crippen LogP contribution >= 0.6 is 11.5 Å². The Balaban J connectivity index is 1.92. The molecule has 9 heteroatoms. The van der Waals surface area contributed by atoms with Crippen molar-refractivity contribution in [1.82, 2.24) is 14.5 Å². The highest BCUT2D eigenvalue weighted by Gasteiger charge is 2.38. The lowest BCUT2D eigenvalue weighted by molar-refractivity contribution is -0.137. The van der Waals surface area contributed by atoms with Crippen LogP contribution in [0.5, 0.6) is 0 Å². The SMILES string of the molecule is O=C(c1csnn1)N1CC(O)CC1c1cccc(C(F)(F)F)c1. The molecule has 1 aromatic carbocycles. The molecular weight excluding hydrogens is 331 g/mol. The average Bonchev–Trinajstić information content (AvgIpc) is 3.15. The summed E-state index contributed by atoms with van der Waals surface area (Å²) in [5.41, 5.74) is -0.312. The van der Waals surface area contributed by atoms with E-state index in [9.17, 15) is 23.1 Å². The summed E-state index contributed by atoms with van der Waals surface area (Å²) in [4.78, 5) is 13.8. The minimum atomic E-state index is -4.46. The second-order valence-corrected chi connectivity index (χ2v) is 5.89. The van der Waals surface area contributed by atoms with Crippen molar-refractivity contribution < 1.29 is 23.1 Å². The zero-order valence-electron chi connectivity index (χ0n) is 11.7. The van der Waals surface area contributed by atoms with Gasteiger partial charge in [0.15, 0.2) is 5.69 Å². The van der Waals surface area contributed by atoms with Gasteiger partial charge in [0, 0.05) is 11.9 Å². The van der Waals surface area contributed by atoms with Gasteiger partial charge in [-0.25, -0.2) is 0 Å². The highest BCUT2D eigenvalue weighted by molar-refractivity contribution is 7.03. The van der Waals surface area contributed by atoms with Crippen molar-refractivity contribution >= 4 is 17.4 Å². The minimum Gasteiger partial charge on any atom is -0.391 e. The van der Waals surface area contributed by atoms with Gasteiger partial charge in [-0.3, -0.25) is 4.79 Å². The van der Waals surface area contributed by atoms with Gasteiger partial charge >= 0.3 is 6.18 Å². The van der Waals surface area contributed by atoms with Gasteiger partial charge in [0.1, 0.15) is 0 Å². The summed E-state index contributed by atoms with van der Waals surface area (Å²) in [5.74, 6) is -0.447. The molecule has 1 fully saturated rings. The third-order valence-electron chi connectivity index (χ3n) is 3.72. The van der Waals surface area contributed by atoms with E-state index in [1.165, 1.54) is 22.4 Å². The summed E-state index contributed by atoms with van der Waals surface area (Å²) in [6.07, 6.45) is -5.06. The zero-order chi connectivity index (χ0) is 16.6. The van der Waals surface area contributed by atoms with Gasteiger partial charge in [0.05, 0.1) is 17.7 Å². The maximum absolute atomic E-state index is 12.9. The smallest absolute Gasteiger partial charge is 0.391 e. The number of aromatic nitrogens is 2. The van der Waals surface area contributed by atoms with Crippen molar-refractivity contribution in [2.45, 2.75) is 24.7 Å². The molecule has 0 bridgehead atoms. The first-order valence-corrected chi connectivity index (χ1v) is 7.63. The van der Waals surface area contributed by atoms with Crippen molar-refractivity contribution in [3.05, 3.63) is 46.5 Å². The maximum Gasteiger partial charge on any atom is 0.416 e. The third kappa shape index (κ3) is 3.20. The van der Waals surface area contributed by atoms with Crippen molar-refractivity contribution in [1.29, 1.82) is 0 Å². The van der Waals surface area contributed by atoms with Crippen molar-refractivity contribution in [3.63, 3.8) is 0 Å². The van der Waals surface area contributed by atoms with Gasteiger partial charge in [0.25, 0.3) is 5.91 Å². The number of hydrogen-bond donors (Lipinski definition) is 1. The molecule has 23 heavy (non-hydrogen) atoms. The van der Waals surface area contributed by atoms with Crippen LogP contribution in [0.4, 0.5) is 13.2 Å². The number of amides is 1. The van der Waals surface area contributed by atoms with Gasteiger partial charge < -0.3 is 10.0 Å². The number of alkyl halides is 3. The Bertz CT molecular complexity index is 706. The Morgan fingerprint density at radius 1 is 1.39 bits per heavy atom. The lowest BCUT2D eigenvalue weighted by atomic mass is 10.0. The van der Waals surface area contributed by atoms with E-state index in [1.54, 1.807) is 0 Å². The average molecular weight is 343 g/mol. The number of benzene rings is 1. The highest BCUT2D eigenvalue weighted by Crippen LogP contribution is 2.36. The van der Waals surface area contributed by atoms with Gasteiger partial charge in [-0.15, -0.1) is 5.10 Å². The molecule has 0 radical (unpaired) electrons.